The van der Waals surface area contributed by atoms with Gasteiger partial charge in [-0.2, -0.15) is 0 Å². The summed E-state index contributed by atoms with van der Waals surface area (Å²) in [7, 11) is 0. The van der Waals surface area contributed by atoms with Crippen LogP contribution in [0, 0.1) is 12.8 Å². The van der Waals surface area contributed by atoms with Gasteiger partial charge in [-0.3, -0.25) is 0 Å². The normalized spacial score (nSPS) is 13.7. The van der Waals surface area contributed by atoms with Gasteiger partial charge in [0.1, 0.15) is 0 Å². The Labute approximate surface area is 88.9 Å². The van der Waals surface area contributed by atoms with Crippen molar-refractivity contribution in [3.05, 3.63) is 20.8 Å². The molecule has 74 valence electrons. The number of hydrogen-bond donors (Lipinski definition) is 1. The Bertz CT molecular complexity index is 261. The highest BCUT2D eigenvalue weighted by Gasteiger charge is 2.17. The number of halogens is 1. The molecule has 13 heavy (non-hydrogen) atoms. The molecular weight excluding hydrogens is 202 g/mol. The minimum absolute atomic E-state index is 0.455. The third-order valence-electron chi connectivity index (χ3n) is 2.30. The summed E-state index contributed by atoms with van der Waals surface area (Å²) in [5.74, 6) is 1.04. The molecule has 0 spiro atoms. The quantitative estimate of drug-likeness (QED) is 0.825. The van der Waals surface area contributed by atoms with E-state index in [1.807, 2.05) is 6.92 Å². The lowest BCUT2D eigenvalue weighted by molar-refractivity contribution is 0.513. The van der Waals surface area contributed by atoms with Gasteiger partial charge < -0.3 is 5.73 Å². The molecule has 1 unspecified atom stereocenters. The van der Waals surface area contributed by atoms with Gasteiger partial charge in [0, 0.05) is 22.2 Å². The summed E-state index contributed by atoms with van der Waals surface area (Å²) in [6.45, 7) is 7.14. The molecule has 0 aromatic carbocycles. The summed E-state index contributed by atoms with van der Waals surface area (Å²) >= 11 is 7.77. The first-order valence-electron chi connectivity index (χ1n) is 4.52. The molecule has 1 aromatic rings. The van der Waals surface area contributed by atoms with Crippen molar-refractivity contribution in [1.82, 2.24) is 0 Å². The Morgan fingerprint density at radius 2 is 2.15 bits per heavy atom. The zero-order valence-electron chi connectivity index (χ0n) is 8.30. The minimum Gasteiger partial charge on any atom is -0.330 e. The molecule has 0 fully saturated rings. The Hall–Kier alpha value is -0.0500. The molecule has 1 rings (SSSR count). The molecule has 0 saturated carbocycles. The highest BCUT2D eigenvalue weighted by atomic mass is 35.5. The lowest BCUT2D eigenvalue weighted by atomic mass is 9.94. The lowest BCUT2D eigenvalue weighted by Crippen LogP contribution is -2.16. The second-order valence-corrected chi connectivity index (χ2v) is 5.33. The second kappa shape index (κ2) is 4.45. The summed E-state index contributed by atoms with van der Waals surface area (Å²) in [6, 6.07) is 2.05. The van der Waals surface area contributed by atoms with E-state index in [-0.39, 0.29) is 0 Å². The summed E-state index contributed by atoms with van der Waals surface area (Å²) < 4.78 is 0. The van der Waals surface area contributed by atoms with Crippen molar-refractivity contribution in [1.29, 1.82) is 0 Å². The molecule has 0 radical (unpaired) electrons. The van der Waals surface area contributed by atoms with E-state index < -0.39 is 0 Å². The van der Waals surface area contributed by atoms with Crippen LogP contribution in [0.25, 0.3) is 0 Å². The first-order valence-corrected chi connectivity index (χ1v) is 5.71. The molecule has 1 nitrogen and oxygen atoms in total. The van der Waals surface area contributed by atoms with Crippen LogP contribution in [0.1, 0.15) is 29.5 Å². The Morgan fingerprint density at radius 3 is 2.46 bits per heavy atom. The van der Waals surface area contributed by atoms with Crippen LogP contribution >= 0.6 is 22.9 Å². The summed E-state index contributed by atoms with van der Waals surface area (Å²) in [4.78, 5) is 2.51. The molecule has 0 aliphatic heterocycles. The van der Waals surface area contributed by atoms with E-state index in [4.69, 9.17) is 17.3 Å². The predicted molar refractivity (Wildman–Crippen MR) is 60.7 cm³/mol. The van der Waals surface area contributed by atoms with Gasteiger partial charge in [-0.1, -0.05) is 25.4 Å². The van der Waals surface area contributed by atoms with Gasteiger partial charge in [0.2, 0.25) is 0 Å². The maximum absolute atomic E-state index is 6.00. The van der Waals surface area contributed by atoms with Crippen LogP contribution in [0.4, 0.5) is 0 Å². The SMILES string of the molecule is Cc1sc(C(CN)C(C)C)cc1Cl. The van der Waals surface area contributed by atoms with Crippen molar-refractivity contribution in [3.63, 3.8) is 0 Å². The monoisotopic (exact) mass is 217 g/mol. The average Bonchev–Trinajstić information content (AvgIpc) is 2.32. The van der Waals surface area contributed by atoms with Crippen LogP contribution in [0.2, 0.25) is 5.02 Å². The average molecular weight is 218 g/mol. The molecular formula is C10H16ClNS. The van der Waals surface area contributed by atoms with Crippen molar-refractivity contribution in [2.45, 2.75) is 26.7 Å². The molecule has 0 bridgehead atoms. The van der Waals surface area contributed by atoms with Crippen molar-refractivity contribution in [2.24, 2.45) is 11.7 Å². The van der Waals surface area contributed by atoms with E-state index in [9.17, 15) is 0 Å². The summed E-state index contributed by atoms with van der Waals surface area (Å²) in [5, 5.41) is 0.874. The molecule has 0 amide bonds. The van der Waals surface area contributed by atoms with Crippen LogP contribution in [0.3, 0.4) is 0 Å². The van der Waals surface area contributed by atoms with Crippen LogP contribution in [0.5, 0.6) is 0 Å². The van der Waals surface area contributed by atoms with Crippen molar-refractivity contribution >= 4 is 22.9 Å². The number of aryl methyl sites for hydroxylation is 1. The topological polar surface area (TPSA) is 26.0 Å². The fraction of sp³-hybridized carbons (Fsp3) is 0.600. The molecule has 1 heterocycles. The maximum Gasteiger partial charge on any atom is 0.0545 e. The zero-order valence-corrected chi connectivity index (χ0v) is 9.88. The zero-order chi connectivity index (χ0) is 10.0. The molecule has 1 atom stereocenters. The summed E-state index contributed by atoms with van der Waals surface area (Å²) in [6.07, 6.45) is 0. The Balaban J connectivity index is 2.92. The van der Waals surface area contributed by atoms with E-state index in [0.29, 0.717) is 18.4 Å². The van der Waals surface area contributed by atoms with Gasteiger partial charge in [0.05, 0.1) is 5.02 Å². The molecule has 0 aliphatic carbocycles. The first kappa shape index (κ1) is 11.0. The van der Waals surface area contributed by atoms with Crippen LogP contribution < -0.4 is 5.73 Å². The second-order valence-electron chi connectivity index (χ2n) is 3.64. The maximum atomic E-state index is 6.00. The van der Waals surface area contributed by atoms with Crippen LogP contribution in [-0.4, -0.2) is 6.54 Å². The lowest BCUT2D eigenvalue weighted by Gasteiger charge is -2.16. The highest BCUT2D eigenvalue weighted by Crippen LogP contribution is 2.34. The summed E-state index contributed by atoms with van der Waals surface area (Å²) in [5.41, 5.74) is 5.73. The minimum atomic E-state index is 0.455. The van der Waals surface area contributed by atoms with Gasteiger partial charge in [0.25, 0.3) is 0 Å². The third-order valence-corrected chi connectivity index (χ3v) is 3.99. The first-order chi connectivity index (χ1) is 6.06. The predicted octanol–water partition coefficient (Wildman–Crippen LogP) is 3.41. The Morgan fingerprint density at radius 1 is 1.54 bits per heavy atom. The van der Waals surface area contributed by atoms with Gasteiger partial charge in [-0.15, -0.1) is 11.3 Å². The van der Waals surface area contributed by atoms with Crippen LogP contribution in [-0.2, 0) is 0 Å². The van der Waals surface area contributed by atoms with Gasteiger partial charge in [-0.05, 0) is 18.9 Å². The fourth-order valence-electron chi connectivity index (χ4n) is 1.38. The third kappa shape index (κ3) is 2.46. The van der Waals surface area contributed by atoms with E-state index >= 15 is 0 Å². The van der Waals surface area contributed by atoms with E-state index in [0.717, 1.165) is 5.02 Å². The standard InChI is InChI=1S/C10H16ClNS/c1-6(2)8(5-12)10-4-9(11)7(3)13-10/h4,6,8H,5,12H2,1-3H3. The van der Waals surface area contributed by atoms with Crippen molar-refractivity contribution in [3.8, 4) is 0 Å². The van der Waals surface area contributed by atoms with E-state index in [2.05, 4.69) is 19.9 Å². The van der Waals surface area contributed by atoms with Crippen molar-refractivity contribution < 1.29 is 0 Å². The Kier molecular flexibility index (Phi) is 3.77. The van der Waals surface area contributed by atoms with Gasteiger partial charge in [-0.25, -0.2) is 0 Å². The van der Waals surface area contributed by atoms with Crippen molar-refractivity contribution in [2.75, 3.05) is 6.54 Å². The molecule has 1 aromatic heterocycles. The number of hydrogen-bond acceptors (Lipinski definition) is 2. The van der Waals surface area contributed by atoms with E-state index in [1.54, 1.807) is 11.3 Å². The fourth-order valence-corrected chi connectivity index (χ4v) is 2.89. The highest BCUT2D eigenvalue weighted by molar-refractivity contribution is 7.12. The smallest absolute Gasteiger partial charge is 0.0545 e. The van der Waals surface area contributed by atoms with E-state index in [1.165, 1.54) is 9.75 Å². The molecule has 2 N–H and O–H groups in total. The number of rotatable bonds is 3. The van der Waals surface area contributed by atoms with Crippen LogP contribution in [0.15, 0.2) is 6.07 Å². The number of nitrogens with two attached hydrogens (primary N) is 1. The van der Waals surface area contributed by atoms with Gasteiger partial charge >= 0.3 is 0 Å². The number of thiophene rings is 1. The molecule has 3 heteroatoms. The molecule has 0 saturated heterocycles. The molecule has 0 aliphatic rings. The van der Waals surface area contributed by atoms with Gasteiger partial charge in [0.15, 0.2) is 0 Å². The largest absolute Gasteiger partial charge is 0.330 e.